The monoisotopic (exact) mass is 219 g/mol. The van der Waals surface area contributed by atoms with Crippen molar-refractivity contribution in [2.45, 2.75) is 45.4 Å². The van der Waals surface area contributed by atoms with E-state index in [1.54, 1.807) is 0 Å². The molecule has 1 aromatic carbocycles. The Balaban J connectivity index is 2.14. The van der Waals surface area contributed by atoms with Crippen molar-refractivity contribution in [1.29, 1.82) is 0 Å². The Labute approximate surface area is 98.0 Å². The fraction of sp³-hybridized carbons (Fsp3) is 0.571. The Hall–Kier alpha value is -0.860. The van der Waals surface area contributed by atoms with Crippen molar-refractivity contribution < 1.29 is 4.74 Å². The molecule has 1 fully saturated rings. The minimum Gasteiger partial charge on any atom is -0.370 e. The summed E-state index contributed by atoms with van der Waals surface area (Å²) < 4.78 is 5.97. The first-order chi connectivity index (χ1) is 7.48. The quantitative estimate of drug-likeness (QED) is 0.784. The third-order valence-electron chi connectivity index (χ3n) is 3.10. The van der Waals surface area contributed by atoms with E-state index < -0.39 is 0 Å². The summed E-state index contributed by atoms with van der Waals surface area (Å²) in [6.45, 7) is 9.40. The number of ether oxygens (including phenoxy) is 1. The molecule has 0 aliphatic carbocycles. The topological polar surface area (TPSA) is 21.3 Å². The minimum absolute atomic E-state index is 0.0839. The van der Waals surface area contributed by atoms with Crippen molar-refractivity contribution in [3.8, 4) is 0 Å². The first-order valence-electron chi connectivity index (χ1n) is 5.94. The molecule has 0 bridgehead atoms. The van der Waals surface area contributed by atoms with Crippen molar-refractivity contribution in [1.82, 2.24) is 5.32 Å². The summed E-state index contributed by atoms with van der Waals surface area (Å²) in [6, 6.07) is 8.97. The first-order valence-corrected chi connectivity index (χ1v) is 5.94. The van der Waals surface area contributed by atoms with Gasteiger partial charge in [-0.2, -0.15) is 0 Å². The van der Waals surface area contributed by atoms with Crippen molar-refractivity contribution in [2.75, 3.05) is 6.61 Å². The summed E-state index contributed by atoms with van der Waals surface area (Å²) in [5.41, 5.74) is 2.64. The molecule has 0 aromatic heterocycles. The molecular weight excluding hydrogens is 198 g/mol. The van der Waals surface area contributed by atoms with E-state index in [-0.39, 0.29) is 11.6 Å². The average molecular weight is 219 g/mol. The maximum Gasteiger partial charge on any atom is 0.0976 e. The second kappa shape index (κ2) is 4.19. The fourth-order valence-electron chi connectivity index (χ4n) is 2.32. The van der Waals surface area contributed by atoms with E-state index in [2.05, 4.69) is 57.3 Å². The third-order valence-corrected chi connectivity index (χ3v) is 3.10. The summed E-state index contributed by atoms with van der Waals surface area (Å²) in [4.78, 5) is 0. The molecule has 1 aliphatic heterocycles. The van der Waals surface area contributed by atoms with Gasteiger partial charge in [-0.05, 0) is 33.3 Å². The smallest absolute Gasteiger partial charge is 0.0976 e. The van der Waals surface area contributed by atoms with Gasteiger partial charge in [0, 0.05) is 11.6 Å². The number of rotatable bonds is 1. The van der Waals surface area contributed by atoms with Gasteiger partial charge in [0.05, 0.1) is 12.7 Å². The van der Waals surface area contributed by atoms with Crippen molar-refractivity contribution in [2.24, 2.45) is 0 Å². The van der Waals surface area contributed by atoms with Crippen LogP contribution in [0.4, 0.5) is 0 Å². The van der Waals surface area contributed by atoms with E-state index in [1.165, 1.54) is 11.1 Å². The van der Waals surface area contributed by atoms with Gasteiger partial charge in [0.2, 0.25) is 0 Å². The molecule has 1 heterocycles. The Bertz CT molecular complexity index is 356. The van der Waals surface area contributed by atoms with E-state index in [9.17, 15) is 0 Å². The molecule has 2 rings (SSSR count). The molecule has 0 spiro atoms. The standard InChI is InChI=1S/C14H21NO/c1-10-5-7-12(8-6-10)13-11(2)15-14(3,4)9-16-13/h5-8,11,13,15H,9H2,1-4H3. The SMILES string of the molecule is Cc1ccc(C2OCC(C)(C)NC2C)cc1. The zero-order chi connectivity index (χ0) is 11.8. The second-order valence-electron chi connectivity index (χ2n) is 5.46. The lowest BCUT2D eigenvalue weighted by Crippen LogP contribution is -2.55. The third kappa shape index (κ3) is 2.45. The van der Waals surface area contributed by atoms with Crippen LogP contribution in [0, 0.1) is 6.92 Å². The van der Waals surface area contributed by atoms with Crippen LogP contribution in [0.25, 0.3) is 0 Å². The molecule has 2 atom stereocenters. The lowest BCUT2D eigenvalue weighted by molar-refractivity contribution is -0.0495. The Morgan fingerprint density at radius 3 is 2.44 bits per heavy atom. The van der Waals surface area contributed by atoms with Crippen LogP contribution in [0.15, 0.2) is 24.3 Å². The highest BCUT2D eigenvalue weighted by Gasteiger charge is 2.32. The molecule has 1 saturated heterocycles. The zero-order valence-electron chi connectivity index (χ0n) is 10.6. The number of benzene rings is 1. The number of nitrogens with one attached hydrogen (secondary N) is 1. The molecule has 1 aromatic rings. The van der Waals surface area contributed by atoms with Gasteiger partial charge >= 0.3 is 0 Å². The highest BCUT2D eigenvalue weighted by atomic mass is 16.5. The van der Waals surface area contributed by atoms with E-state index >= 15 is 0 Å². The Morgan fingerprint density at radius 2 is 1.88 bits per heavy atom. The van der Waals surface area contributed by atoms with E-state index in [0.717, 1.165) is 6.61 Å². The van der Waals surface area contributed by atoms with Gasteiger partial charge in [0.25, 0.3) is 0 Å². The molecule has 88 valence electrons. The van der Waals surface area contributed by atoms with Crippen LogP contribution >= 0.6 is 0 Å². The predicted molar refractivity (Wildman–Crippen MR) is 66.5 cm³/mol. The van der Waals surface area contributed by atoms with Gasteiger partial charge < -0.3 is 10.1 Å². The molecule has 2 nitrogen and oxygen atoms in total. The van der Waals surface area contributed by atoms with Crippen LogP contribution in [-0.2, 0) is 4.74 Å². The van der Waals surface area contributed by atoms with Gasteiger partial charge in [-0.15, -0.1) is 0 Å². The maximum absolute atomic E-state index is 5.97. The average Bonchev–Trinajstić information content (AvgIpc) is 2.19. The van der Waals surface area contributed by atoms with Crippen LogP contribution in [0.1, 0.15) is 38.0 Å². The van der Waals surface area contributed by atoms with Crippen molar-refractivity contribution in [3.63, 3.8) is 0 Å². The number of hydrogen-bond donors (Lipinski definition) is 1. The Kier molecular flexibility index (Phi) is 3.04. The lowest BCUT2D eigenvalue weighted by Gasteiger charge is -2.41. The zero-order valence-corrected chi connectivity index (χ0v) is 10.6. The predicted octanol–water partition coefficient (Wildman–Crippen LogP) is 2.82. The summed E-state index contributed by atoms with van der Waals surface area (Å²) in [5.74, 6) is 0. The highest BCUT2D eigenvalue weighted by Crippen LogP contribution is 2.28. The Morgan fingerprint density at radius 1 is 1.25 bits per heavy atom. The van der Waals surface area contributed by atoms with Crippen LogP contribution < -0.4 is 5.32 Å². The van der Waals surface area contributed by atoms with Crippen LogP contribution in [0.2, 0.25) is 0 Å². The molecular formula is C14H21NO. The highest BCUT2D eigenvalue weighted by molar-refractivity contribution is 5.24. The number of hydrogen-bond acceptors (Lipinski definition) is 2. The lowest BCUT2D eigenvalue weighted by atomic mass is 9.95. The summed E-state index contributed by atoms with van der Waals surface area (Å²) in [5, 5.41) is 3.59. The molecule has 2 unspecified atom stereocenters. The maximum atomic E-state index is 5.97. The first kappa shape index (κ1) is 11.6. The summed E-state index contributed by atoms with van der Waals surface area (Å²) in [6.07, 6.45) is 0.175. The minimum atomic E-state index is 0.0839. The van der Waals surface area contributed by atoms with Gasteiger partial charge in [-0.3, -0.25) is 0 Å². The van der Waals surface area contributed by atoms with Crippen LogP contribution in [0.5, 0.6) is 0 Å². The van der Waals surface area contributed by atoms with E-state index in [4.69, 9.17) is 4.74 Å². The van der Waals surface area contributed by atoms with Crippen LogP contribution in [-0.4, -0.2) is 18.2 Å². The van der Waals surface area contributed by atoms with E-state index in [1.807, 2.05) is 0 Å². The van der Waals surface area contributed by atoms with Gasteiger partial charge in [0.1, 0.15) is 0 Å². The fourth-order valence-corrected chi connectivity index (χ4v) is 2.32. The van der Waals surface area contributed by atoms with Gasteiger partial charge in [0.15, 0.2) is 0 Å². The molecule has 0 saturated carbocycles. The largest absolute Gasteiger partial charge is 0.370 e. The molecule has 1 N–H and O–H groups in total. The van der Waals surface area contributed by atoms with E-state index in [0.29, 0.717) is 6.04 Å². The van der Waals surface area contributed by atoms with Crippen LogP contribution in [0.3, 0.4) is 0 Å². The second-order valence-corrected chi connectivity index (χ2v) is 5.46. The summed E-state index contributed by atoms with van der Waals surface area (Å²) >= 11 is 0. The number of morpholine rings is 1. The van der Waals surface area contributed by atoms with Gasteiger partial charge in [-0.25, -0.2) is 0 Å². The normalized spacial score (nSPS) is 29.0. The molecule has 2 heteroatoms. The molecule has 1 aliphatic rings. The molecule has 0 radical (unpaired) electrons. The van der Waals surface area contributed by atoms with Gasteiger partial charge in [-0.1, -0.05) is 29.8 Å². The molecule has 0 amide bonds. The molecule has 16 heavy (non-hydrogen) atoms. The summed E-state index contributed by atoms with van der Waals surface area (Å²) in [7, 11) is 0. The van der Waals surface area contributed by atoms with Crippen molar-refractivity contribution >= 4 is 0 Å². The number of aryl methyl sites for hydroxylation is 1. The van der Waals surface area contributed by atoms with Crippen molar-refractivity contribution in [3.05, 3.63) is 35.4 Å².